The number of rotatable bonds is 22. The average Bonchev–Trinajstić information content (AvgIpc) is 3.38. The Bertz CT molecular complexity index is 899. The number of imide groups is 1. The van der Waals surface area contributed by atoms with Crippen molar-refractivity contribution in [2.45, 2.75) is 154 Å². The van der Waals surface area contributed by atoms with Crippen molar-refractivity contribution in [2.24, 2.45) is 0 Å². The van der Waals surface area contributed by atoms with Crippen LogP contribution in [0.1, 0.15) is 135 Å². The fourth-order valence-corrected chi connectivity index (χ4v) is 5.65. The Hall–Kier alpha value is -2.68. The Morgan fingerprint density at radius 2 is 1.35 bits per heavy atom. The van der Waals surface area contributed by atoms with Crippen LogP contribution in [0.25, 0.3) is 0 Å². The zero-order chi connectivity index (χ0) is 31.1. The van der Waals surface area contributed by atoms with Gasteiger partial charge in [-0.1, -0.05) is 109 Å². The van der Waals surface area contributed by atoms with Crippen LogP contribution in [0.2, 0.25) is 0 Å². The molecule has 0 saturated heterocycles. The standard InChI is InChI=1S/C34H57N3O6/c1-4-5-6-7-8-9-10-11-12-13-14-15-16-17-18-20-26-36-33(39)42-30-23-24-31(32(30)41-3)43-34(40)37(28(2)38)27-29-22-19-21-25-35-29/h19,21-22,25,30-32H,4-18,20,23-24,26-27H2,1-3H3,(H,36,39)/t30-,31+,32+/m0/s1. The van der Waals surface area contributed by atoms with Crippen LogP contribution in [0.4, 0.5) is 9.59 Å². The quantitative estimate of drug-likeness (QED) is 0.133. The number of unbranched alkanes of at least 4 members (excludes halogenated alkanes) is 15. The highest BCUT2D eigenvalue weighted by Crippen LogP contribution is 2.28. The third kappa shape index (κ3) is 15.6. The number of methoxy groups -OCH3 is 1. The number of aromatic nitrogens is 1. The lowest BCUT2D eigenvalue weighted by Crippen LogP contribution is -2.42. The molecule has 1 aliphatic carbocycles. The molecular weight excluding hydrogens is 546 g/mol. The van der Waals surface area contributed by atoms with E-state index in [0.29, 0.717) is 25.1 Å². The summed E-state index contributed by atoms with van der Waals surface area (Å²) in [5.41, 5.74) is 0.576. The van der Waals surface area contributed by atoms with Crippen LogP contribution in [-0.4, -0.2) is 59.9 Å². The van der Waals surface area contributed by atoms with Crippen LogP contribution in [0.3, 0.4) is 0 Å². The molecule has 0 radical (unpaired) electrons. The van der Waals surface area contributed by atoms with Crippen molar-refractivity contribution in [2.75, 3.05) is 13.7 Å². The molecule has 1 N–H and O–H groups in total. The van der Waals surface area contributed by atoms with Crippen molar-refractivity contribution < 1.29 is 28.6 Å². The second kappa shape index (κ2) is 22.8. The molecule has 1 fully saturated rings. The predicted octanol–water partition coefficient (Wildman–Crippen LogP) is 8.10. The molecule has 0 spiro atoms. The number of carbonyl (C=O) groups is 3. The van der Waals surface area contributed by atoms with Gasteiger partial charge in [0.15, 0.2) is 0 Å². The molecule has 2 rings (SSSR count). The van der Waals surface area contributed by atoms with Crippen molar-refractivity contribution in [3.05, 3.63) is 30.1 Å². The molecule has 1 heterocycles. The van der Waals surface area contributed by atoms with Gasteiger partial charge in [-0.05, 0) is 31.4 Å². The first kappa shape index (κ1) is 36.5. The minimum atomic E-state index is -0.765. The van der Waals surface area contributed by atoms with E-state index in [1.165, 1.54) is 104 Å². The molecule has 43 heavy (non-hydrogen) atoms. The monoisotopic (exact) mass is 603 g/mol. The minimum Gasteiger partial charge on any atom is -0.443 e. The SMILES string of the molecule is CCCCCCCCCCCCCCCCCCNC(=O)O[C@H]1CC[C@@H](OC(=O)N(Cc2ccccn2)C(C)=O)[C@@H]1OC. The van der Waals surface area contributed by atoms with Gasteiger partial charge >= 0.3 is 12.2 Å². The number of nitrogens with one attached hydrogen (secondary N) is 1. The fraction of sp³-hybridized carbons (Fsp3) is 0.765. The molecule has 3 amide bonds. The molecule has 0 aliphatic heterocycles. The zero-order valence-electron chi connectivity index (χ0n) is 27.0. The summed E-state index contributed by atoms with van der Waals surface area (Å²) in [7, 11) is 1.50. The predicted molar refractivity (Wildman–Crippen MR) is 169 cm³/mol. The second-order valence-electron chi connectivity index (χ2n) is 11.8. The highest BCUT2D eigenvalue weighted by molar-refractivity contribution is 5.90. The summed E-state index contributed by atoms with van der Waals surface area (Å²) in [4.78, 5) is 42.5. The first-order valence-electron chi connectivity index (χ1n) is 16.8. The van der Waals surface area contributed by atoms with E-state index in [1.807, 2.05) is 0 Å². The Kier molecular flexibility index (Phi) is 19.4. The van der Waals surface area contributed by atoms with Crippen molar-refractivity contribution in [1.82, 2.24) is 15.2 Å². The summed E-state index contributed by atoms with van der Waals surface area (Å²) in [5.74, 6) is -0.441. The Balaban J connectivity index is 1.52. The number of ether oxygens (including phenoxy) is 3. The summed E-state index contributed by atoms with van der Waals surface area (Å²) in [6, 6.07) is 5.29. The highest BCUT2D eigenvalue weighted by Gasteiger charge is 2.42. The van der Waals surface area contributed by atoms with Gasteiger partial charge in [0.25, 0.3) is 0 Å². The van der Waals surface area contributed by atoms with E-state index in [0.717, 1.165) is 17.7 Å². The number of pyridine rings is 1. The first-order valence-corrected chi connectivity index (χ1v) is 16.8. The largest absolute Gasteiger partial charge is 0.443 e. The molecule has 1 aromatic rings. The van der Waals surface area contributed by atoms with Crippen LogP contribution < -0.4 is 5.32 Å². The van der Waals surface area contributed by atoms with E-state index in [9.17, 15) is 14.4 Å². The van der Waals surface area contributed by atoms with Crippen LogP contribution >= 0.6 is 0 Å². The van der Waals surface area contributed by atoms with Crippen molar-refractivity contribution in [1.29, 1.82) is 0 Å². The maximum absolute atomic E-state index is 12.8. The lowest BCUT2D eigenvalue weighted by atomic mass is 10.0. The third-order valence-electron chi connectivity index (χ3n) is 8.20. The number of hydrogen-bond donors (Lipinski definition) is 1. The van der Waals surface area contributed by atoms with Gasteiger partial charge in [0.1, 0.15) is 18.3 Å². The van der Waals surface area contributed by atoms with Gasteiger partial charge in [-0.15, -0.1) is 0 Å². The van der Waals surface area contributed by atoms with E-state index in [2.05, 4.69) is 17.2 Å². The molecular formula is C34H57N3O6. The number of alkyl carbamates (subject to hydrolysis) is 1. The topological polar surface area (TPSA) is 107 Å². The van der Waals surface area contributed by atoms with E-state index < -0.39 is 36.4 Å². The molecule has 9 heteroatoms. The van der Waals surface area contributed by atoms with Crippen LogP contribution in [0, 0.1) is 0 Å². The molecule has 0 unspecified atom stereocenters. The third-order valence-corrected chi connectivity index (χ3v) is 8.20. The molecule has 1 saturated carbocycles. The lowest BCUT2D eigenvalue weighted by Gasteiger charge is -2.26. The van der Waals surface area contributed by atoms with Crippen LogP contribution in [-0.2, 0) is 25.5 Å². The molecule has 0 aromatic carbocycles. The number of hydrogen-bond acceptors (Lipinski definition) is 7. The first-order chi connectivity index (χ1) is 21.0. The maximum atomic E-state index is 12.8. The summed E-state index contributed by atoms with van der Waals surface area (Å²) in [6.07, 6.45) is 20.5. The fourth-order valence-electron chi connectivity index (χ4n) is 5.65. The minimum absolute atomic E-state index is 0.0149. The smallest absolute Gasteiger partial charge is 0.417 e. The van der Waals surface area contributed by atoms with Crippen molar-refractivity contribution in [3.8, 4) is 0 Å². The molecule has 1 aromatic heterocycles. The van der Waals surface area contributed by atoms with Gasteiger partial charge < -0.3 is 19.5 Å². The summed E-state index contributed by atoms with van der Waals surface area (Å²) in [5, 5.41) is 2.84. The summed E-state index contributed by atoms with van der Waals surface area (Å²) >= 11 is 0. The molecule has 3 atom stereocenters. The van der Waals surface area contributed by atoms with E-state index in [-0.39, 0.29) is 6.54 Å². The molecule has 1 aliphatic rings. The second-order valence-corrected chi connectivity index (χ2v) is 11.8. The van der Waals surface area contributed by atoms with E-state index in [1.54, 1.807) is 24.4 Å². The molecule has 244 valence electrons. The van der Waals surface area contributed by atoms with Crippen molar-refractivity contribution in [3.63, 3.8) is 0 Å². The summed E-state index contributed by atoms with van der Waals surface area (Å²) < 4.78 is 16.8. The molecule has 0 bridgehead atoms. The van der Waals surface area contributed by atoms with Gasteiger partial charge in [-0.2, -0.15) is 0 Å². The maximum Gasteiger partial charge on any atom is 0.417 e. The number of carbonyl (C=O) groups excluding carboxylic acids is 3. The normalized spacial score (nSPS) is 17.9. The van der Waals surface area contributed by atoms with Crippen LogP contribution in [0.5, 0.6) is 0 Å². The van der Waals surface area contributed by atoms with Gasteiger partial charge in [0.05, 0.1) is 12.2 Å². The Labute approximate surface area is 259 Å². The van der Waals surface area contributed by atoms with Crippen molar-refractivity contribution >= 4 is 18.1 Å². The van der Waals surface area contributed by atoms with Gasteiger partial charge in [-0.25, -0.2) is 14.5 Å². The lowest BCUT2D eigenvalue weighted by molar-refractivity contribution is -0.129. The average molecular weight is 604 g/mol. The molecule has 9 nitrogen and oxygen atoms in total. The summed E-state index contributed by atoms with van der Waals surface area (Å²) in [6.45, 7) is 4.16. The van der Waals surface area contributed by atoms with Crippen LogP contribution in [0.15, 0.2) is 24.4 Å². The van der Waals surface area contributed by atoms with E-state index in [4.69, 9.17) is 14.2 Å². The number of amides is 3. The van der Waals surface area contributed by atoms with Gasteiger partial charge in [0, 0.05) is 26.8 Å². The van der Waals surface area contributed by atoms with E-state index >= 15 is 0 Å². The zero-order valence-corrected chi connectivity index (χ0v) is 27.0. The Morgan fingerprint density at radius 3 is 1.84 bits per heavy atom. The highest BCUT2D eigenvalue weighted by atomic mass is 16.6. The number of nitrogens with zero attached hydrogens (tertiary/aromatic N) is 2. The Morgan fingerprint density at radius 1 is 0.814 bits per heavy atom. The van der Waals surface area contributed by atoms with Gasteiger partial charge in [0.2, 0.25) is 5.91 Å². The van der Waals surface area contributed by atoms with Gasteiger partial charge in [-0.3, -0.25) is 9.78 Å².